The number of aryl methyl sites for hydroxylation is 1. The number of nitrogens with zero attached hydrogens (tertiary/aromatic N) is 1. The Kier molecular flexibility index (Phi) is 5.21. The summed E-state index contributed by atoms with van der Waals surface area (Å²) in [7, 11) is 0. The fourth-order valence-electron chi connectivity index (χ4n) is 2.98. The van der Waals surface area contributed by atoms with Gasteiger partial charge in [-0.15, -0.1) is 11.8 Å². The van der Waals surface area contributed by atoms with Crippen LogP contribution in [0.4, 0.5) is 0 Å². The van der Waals surface area contributed by atoms with Crippen molar-refractivity contribution in [3.63, 3.8) is 0 Å². The summed E-state index contributed by atoms with van der Waals surface area (Å²) in [6.07, 6.45) is 0. The van der Waals surface area contributed by atoms with Gasteiger partial charge in [0, 0.05) is 16.5 Å². The first-order valence-corrected chi connectivity index (χ1v) is 9.23. The van der Waals surface area contributed by atoms with Gasteiger partial charge in [-0.2, -0.15) is 0 Å². The summed E-state index contributed by atoms with van der Waals surface area (Å²) in [6, 6.07) is 2.28. The minimum atomic E-state index is 0.506. The molecular weight excluding hydrogens is 286 g/mol. The molecule has 0 aromatic carbocycles. The molecule has 2 heteroatoms. The number of allylic oxidation sites excluding steroid dienone is 2. The van der Waals surface area contributed by atoms with Gasteiger partial charge in [0.2, 0.25) is 0 Å². The third-order valence-corrected chi connectivity index (χ3v) is 5.82. The van der Waals surface area contributed by atoms with Gasteiger partial charge in [0.25, 0.3) is 0 Å². The normalized spacial score (nSPS) is 24.8. The van der Waals surface area contributed by atoms with E-state index in [1.165, 1.54) is 33.5 Å². The summed E-state index contributed by atoms with van der Waals surface area (Å²) in [6.45, 7) is 18.1. The van der Waals surface area contributed by atoms with Crippen LogP contribution in [0, 0.1) is 12.8 Å². The van der Waals surface area contributed by atoms with E-state index in [2.05, 4.69) is 66.9 Å². The molecule has 120 valence electrons. The van der Waals surface area contributed by atoms with Crippen molar-refractivity contribution in [1.82, 2.24) is 4.98 Å². The van der Waals surface area contributed by atoms with E-state index < -0.39 is 0 Å². The Morgan fingerprint density at radius 1 is 1.05 bits per heavy atom. The predicted octanol–water partition coefficient (Wildman–Crippen LogP) is 6.44. The number of aromatic nitrogens is 1. The van der Waals surface area contributed by atoms with E-state index in [0.29, 0.717) is 17.1 Å². The highest BCUT2D eigenvalue weighted by Gasteiger charge is 2.24. The van der Waals surface area contributed by atoms with Crippen molar-refractivity contribution in [3.8, 4) is 0 Å². The van der Waals surface area contributed by atoms with E-state index in [4.69, 9.17) is 4.98 Å². The molecule has 1 nitrogen and oxygen atoms in total. The van der Waals surface area contributed by atoms with Crippen LogP contribution in [0.5, 0.6) is 0 Å². The largest absolute Gasteiger partial charge is 0.253 e. The Labute approximate surface area is 140 Å². The first-order chi connectivity index (χ1) is 10.2. The van der Waals surface area contributed by atoms with Crippen molar-refractivity contribution in [2.45, 2.75) is 66.6 Å². The average molecular weight is 316 g/mol. The molecule has 0 unspecified atom stereocenters. The number of hydrogen-bond donors (Lipinski definition) is 0. The SMILES string of the molecule is C/C1=C(\C)[C@H](C)S/C=C(/C(C)C)c2c(C(C)C)cc(C)nc21. The van der Waals surface area contributed by atoms with Gasteiger partial charge in [-0.05, 0) is 67.7 Å². The van der Waals surface area contributed by atoms with E-state index in [9.17, 15) is 0 Å². The lowest BCUT2D eigenvalue weighted by Gasteiger charge is -2.26. The highest BCUT2D eigenvalue weighted by atomic mass is 32.2. The Morgan fingerprint density at radius 3 is 2.23 bits per heavy atom. The standard InChI is InChI=1S/C20H29NS/c1-11(2)17-9-13(5)21-20-15(7)14(6)16(8)22-10-18(12(3)4)19(17)20/h9-12,16H,1-8H3/b15-14-,18-10-/t16-/m0/s1. The van der Waals surface area contributed by atoms with Gasteiger partial charge in [-0.1, -0.05) is 33.3 Å². The predicted molar refractivity (Wildman–Crippen MR) is 101 cm³/mol. The summed E-state index contributed by atoms with van der Waals surface area (Å²) in [4.78, 5) is 4.95. The van der Waals surface area contributed by atoms with Crippen LogP contribution in [-0.4, -0.2) is 10.2 Å². The van der Waals surface area contributed by atoms with Gasteiger partial charge in [-0.25, -0.2) is 0 Å². The number of hydrogen-bond acceptors (Lipinski definition) is 2. The Bertz CT molecular complexity index is 635. The first-order valence-electron chi connectivity index (χ1n) is 8.29. The molecule has 2 rings (SSSR count). The Balaban J connectivity index is 2.88. The molecule has 2 heterocycles. The van der Waals surface area contributed by atoms with Crippen LogP contribution in [0.2, 0.25) is 0 Å². The van der Waals surface area contributed by atoms with Crippen LogP contribution in [0.3, 0.4) is 0 Å². The molecule has 0 saturated heterocycles. The van der Waals surface area contributed by atoms with Crippen molar-refractivity contribution >= 4 is 22.9 Å². The molecule has 1 aromatic heterocycles. The zero-order valence-corrected chi connectivity index (χ0v) is 16.1. The molecule has 0 N–H and O–H groups in total. The van der Waals surface area contributed by atoms with Crippen LogP contribution in [0.25, 0.3) is 11.1 Å². The van der Waals surface area contributed by atoms with Gasteiger partial charge >= 0.3 is 0 Å². The molecular formula is C20H29NS. The van der Waals surface area contributed by atoms with E-state index in [1.54, 1.807) is 0 Å². The lowest BCUT2D eigenvalue weighted by Crippen LogP contribution is -2.12. The quantitative estimate of drug-likeness (QED) is 0.623. The first kappa shape index (κ1) is 17.3. The Morgan fingerprint density at radius 2 is 1.68 bits per heavy atom. The lowest BCUT2D eigenvalue weighted by molar-refractivity contribution is 0.821. The smallest absolute Gasteiger partial charge is 0.0740 e. The number of fused-ring (bicyclic) bond motifs is 1. The fraction of sp³-hybridized carbons (Fsp3) is 0.550. The van der Waals surface area contributed by atoms with Crippen LogP contribution < -0.4 is 0 Å². The van der Waals surface area contributed by atoms with Crippen LogP contribution >= 0.6 is 11.8 Å². The summed E-state index contributed by atoms with van der Waals surface area (Å²) in [5.41, 5.74) is 9.38. The molecule has 0 amide bonds. The monoisotopic (exact) mass is 315 g/mol. The molecule has 1 aromatic rings. The summed E-state index contributed by atoms with van der Waals surface area (Å²) < 4.78 is 0. The molecule has 0 radical (unpaired) electrons. The van der Waals surface area contributed by atoms with Crippen molar-refractivity contribution in [1.29, 1.82) is 0 Å². The van der Waals surface area contributed by atoms with Crippen LogP contribution in [-0.2, 0) is 0 Å². The van der Waals surface area contributed by atoms with Gasteiger partial charge < -0.3 is 0 Å². The molecule has 0 saturated carbocycles. The zero-order chi connectivity index (χ0) is 16.6. The van der Waals surface area contributed by atoms with Crippen molar-refractivity contribution < 1.29 is 0 Å². The minimum absolute atomic E-state index is 0.506. The van der Waals surface area contributed by atoms with Crippen LogP contribution in [0.1, 0.15) is 76.9 Å². The maximum Gasteiger partial charge on any atom is 0.0740 e. The lowest BCUT2D eigenvalue weighted by atomic mass is 9.84. The summed E-state index contributed by atoms with van der Waals surface area (Å²) in [5, 5.41) is 2.89. The van der Waals surface area contributed by atoms with Gasteiger partial charge in [0.05, 0.1) is 5.69 Å². The van der Waals surface area contributed by atoms with E-state index in [0.717, 1.165) is 5.69 Å². The maximum absolute atomic E-state index is 4.95. The maximum atomic E-state index is 4.95. The van der Waals surface area contributed by atoms with Gasteiger partial charge in [-0.3, -0.25) is 4.98 Å². The Hall–Kier alpha value is -1.02. The number of rotatable bonds is 2. The van der Waals surface area contributed by atoms with Crippen LogP contribution in [0.15, 0.2) is 17.0 Å². The second kappa shape index (κ2) is 6.62. The molecule has 1 aliphatic heterocycles. The fourth-order valence-corrected chi connectivity index (χ4v) is 4.10. The number of pyridine rings is 1. The van der Waals surface area contributed by atoms with E-state index >= 15 is 0 Å². The highest BCUT2D eigenvalue weighted by molar-refractivity contribution is 8.03. The summed E-state index contributed by atoms with van der Waals surface area (Å²) >= 11 is 1.94. The minimum Gasteiger partial charge on any atom is -0.253 e. The zero-order valence-electron chi connectivity index (χ0n) is 15.2. The molecule has 0 spiro atoms. The molecule has 1 aliphatic rings. The average Bonchev–Trinajstić information content (AvgIpc) is 2.44. The summed E-state index contributed by atoms with van der Waals surface area (Å²) in [5.74, 6) is 1.01. The number of thioether (sulfide) groups is 1. The van der Waals surface area contributed by atoms with Gasteiger partial charge in [0.15, 0.2) is 0 Å². The second-order valence-corrected chi connectivity index (χ2v) is 8.26. The van der Waals surface area contributed by atoms with Crippen molar-refractivity contribution in [3.05, 3.63) is 39.6 Å². The van der Waals surface area contributed by atoms with Crippen molar-refractivity contribution in [2.24, 2.45) is 5.92 Å². The molecule has 0 fully saturated rings. The molecule has 0 aliphatic carbocycles. The van der Waals surface area contributed by atoms with Gasteiger partial charge in [0.1, 0.15) is 0 Å². The van der Waals surface area contributed by atoms with E-state index in [1.807, 2.05) is 11.8 Å². The molecule has 1 atom stereocenters. The van der Waals surface area contributed by atoms with E-state index in [-0.39, 0.29) is 0 Å². The topological polar surface area (TPSA) is 12.9 Å². The molecule has 0 bridgehead atoms. The third-order valence-electron chi connectivity index (χ3n) is 4.67. The second-order valence-electron chi connectivity index (χ2n) is 7.05. The highest BCUT2D eigenvalue weighted by Crippen LogP contribution is 2.41. The molecule has 22 heavy (non-hydrogen) atoms. The third kappa shape index (κ3) is 3.17. The van der Waals surface area contributed by atoms with Crippen molar-refractivity contribution in [2.75, 3.05) is 0 Å².